The molecule has 1 aromatic carbocycles. The summed E-state index contributed by atoms with van der Waals surface area (Å²) in [6.07, 6.45) is -1.92. The van der Waals surface area contributed by atoms with Crippen LogP contribution in [0.3, 0.4) is 0 Å². The van der Waals surface area contributed by atoms with Crippen LogP contribution in [0.1, 0.15) is 46.8 Å². The lowest BCUT2D eigenvalue weighted by molar-refractivity contribution is -0.147. The number of carboxylic acids is 1. The number of aliphatic carboxylic acids is 1. The van der Waals surface area contributed by atoms with Gasteiger partial charge in [-0.15, -0.1) is 11.6 Å². The van der Waals surface area contributed by atoms with Crippen LogP contribution in [0.2, 0.25) is 0 Å². The Hall–Kier alpha value is -1.92. The number of esters is 1. The van der Waals surface area contributed by atoms with Crippen LogP contribution in [0.5, 0.6) is 0 Å². The zero-order valence-corrected chi connectivity index (χ0v) is 12.3. The first-order chi connectivity index (χ1) is 9.79. The fourth-order valence-corrected chi connectivity index (χ4v) is 1.86. The van der Waals surface area contributed by atoms with E-state index < -0.39 is 23.4 Å². The number of alkyl halides is 1. The predicted molar refractivity (Wildman–Crippen MR) is 74.3 cm³/mol. The average Bonchev–Trinajstić information content (AvgIpc) is 2.44. The lowest BCUT2D eigenvalue weighted by atomic mass is 9.97. The third-order valence-corrected chi connectivity index (χ3v) is 3.31. The number of benzene rings is 1. The molecule has 0 saturated heterocycles. The van der Waals surface area contributed by atoms with Gasteiger partial charge in [0, 0.05) is 5.56 Å². The summed E-state index contributed by atoms with van der Waals surface area (Å²) in [4.78, 5) is 34.0. The fraction of sp³-hybridized carbons (Fsp3) is 0.357. The first-order valence-corrected chi connectivity index (χ1v) is 6.59. The number of aliphatic hydroxyl groups excluding tert-OH is 1. The smallest absolute Gasteiger partial charge is 0.338 e. The quantitative estimate of drug-likeness (QED) is 0.614. The van der Waals surface area contributed by atoms with Crippen LogP contribution in [0, 0.1) is 0 Å². The zero-order chi connectivity index (χ0) is 16.2. The third-order valence-electron chi connectivity index (χ3n) is 2.75. The Morgan fingerprint density at radius 2 is 1.95 bits per heavy atom. The second kappa shape index (κ2) is 7.19. The zero-order valence-electron chi connectivity index (χ0n) is 11.5. The number of halogens is 1. The molecule has 2 unspecified atom stereocenters. The van der Waals surface area contributed by atoms with Gasteiger partial charge in [-0.25, -0.2) is 9.59 Å². The van der Waals surface area contributed by atoms with E-state index in [-0.39, 0.29) is 23.5 Å². The van der Waals surface area contributed by atoms with E-state index in [4.69, 9.17) is 21.4 Å². The van der Waals surface area contributed by atoms with Crippen LogP contribution in [-0.4, -0.2) is 34.5 Å². The van der Waals surface area contributed by atoms with Crippen LogP contribution in [0.25, 0.3) is 0 Å². The third kappa shape index (κ3) is 4.03. The number of hydrogen-bond acceptors (Lipinski definition) is 5. The van der Waals surface area contributed by atoms with Gasteiger partial charge in [0.05, 0.1) is 12.2 Å². The second-order valence-electron chi connectivity index (χ2n) is 4.28. The standard InChI is InChI=1S/C14H15ClO6/c1-3-21-14(20)9-5-4-8(11(15)7(2)16)6-10(9)12(17)13(18)19/h4-6,11-12,17H,3H2,1-2H3,(H,18,19). The SMILES string of the molecule is CCOC(=O)c1ccc(C(Cl)C(C)=O)cc1C(O)C(=O)O. The van der Waals surface area contributed by atoms with Gasteiger partial charge in [-0.3, -0.25) is 4.79 Å². The van der Waals surface area contributed by atoms with E-state index in [2.05, 4.69) is 0 Å². The summed E-state index contributed by atoms with van der Waals surface area (Å²) in [5.41, 5.74) is 0.0563. The van der Waals surface area contributed by atoms with Crippen molar-refractivity contribution < 1.29 is 29.3 Å². The Morgan fingerprint density at radius 3 is 2.43 bits per heavy atom. The summed E-state index contributed by atoms with van der Waals surface area (Å²) in [6.45, 7) is 2.99. The molecule has 0 fully saturated rings. The predicted octanol–water partition coefficient (Wildman–Crippen LogP) is 1.85. The van der Waals surface area contributed by atoms with E-state index in [9.17, 15) is 19.5 Å². The van der Waals surface area contributed by atoms with Gasteiger partial charge in [0.15, 0.2) is 11.9 Å². The van der Waals surface area contributed by atoms with E-state index in [1.54, 1.807) is 6.92 Å². The highest BCUT2D eigenvalue weighted by Crippen LogP contribution is 2.28. The van der Waals surface area contributed by atoms with Crippen LogP contribution >= 0.6 is 11.6 Å². The van der Waals surface area contributed by atoms with Gasteiger partial charge in [0.2, 0.25) is 0 Å². The molecule has 0 aliphatic carbocycles. The minimum absolute atomic E-state index is 0.0806. The maximum atomic E-state index is 11.8. The van der Waals surface area contributed by atoms with Gasteiger partial charge in [-0.05, 0) is 31.5 Å². The molecule has 0 aromatic heterocycles. The first-order valence-electron chi connectivity index (χ1n) is 6.16. The number of carbonyl (C=O) groups excluding carboxylic acids is 2. The van der Waals surface area contributed by atoms with Gasteiger partial charge in [0.25, 0.3) is 0 Å². The van der Waals surface area contributed by atoms with Gasteiger partial charge in [-0.1, -0.05) is 6.07 Å². The van der Waals surface area contributed by atoms with Crippen molar-refractivity contribution in [3.63, 3.8) is 0 Å². The van der Waals surface area contributed by atoms with Crippen LogP contribution in [0.15, 0.2) is 18.2 Å². The van der Waals surface area contributed by atoms with E-state index in [0.717, 1.165) is 0 Å². The summed E-state index contributed by atoms with van der Waals surface area (Å²) in [6, 6.07) is 3.93. The highest BCUT2D eigenvalue weighted by molar-refractivity contribution is 6.30. The van der Waals surface area contributed by atoms with Crippen molar-refractivity contribution >= 4 is 29.3 Å². The maximum absolute atomic E-state index is 11.8. The summed E-state index contributed by atoms with van der Waals surface area (Å²) in [7, 11) is 0. The van der Waals surface area contributed by atoms with E-state index in [1.165, 1.54) is 25.1 Å². The summed E-state index contributed by atoms with van der Waals surface area (Å²) in [5, 5.41) is 17.6. The molecular weight excluding hydrogens is 300 g/mol. The Morgan fingerprint density at radius 1 is 1.33 bits per heavy atom. The number of carboxylic acid groups (broad SMARTS) is 1. The number of carbonyl (C=O) groups is 3. The minimum Gasteiger partial charge on any atom is -0.479 e. The normalized spacial score (nSPS) is 13.3. The Bertz CT molecular complexity index is 569. The average molecular weight is 315 g/mol. The molecular formula is C14H15ClO6. The molecule has 0 spiro atoms. The highest BCUT2D eigenvalue weighted by atomic mass is 35.5. The van der Waals surface area contributed by atoms with E-state index in [0.29, 0.717) is 5.56 Å². The highest BCUT2D eigenvalue weighted by Gasteiger charge is 2.25. The van der Waals surface area contributed by atoms with E-state index >= 15 is 0 Å². The number of ether oxygens (including phenoxy) is 1. The van der Waals surface area contributed by atoms with Gasteiger partial charge < -0.3 is 14.9 Å². The molecule has 1 rings (SSSR count). The Balaban J connectivity index is 3.36. The number of hydrogen-bond donors (Lipinski definition) is 2. The van der Waals surface area contributed by atoms with Crippen molar-refractivity contribution in [2.24, 2.45) is 0 Å². The maximum Gasteiger partial charge on any atom is 0.338 e. The largest absolute Gasteiger partial charge is 0.479 e. The molecule has 7 heteroatoms. The molecule has 0 saturated carbocycles. The monoisotopic (exact) mass is 314 g/mol. The van der Waals surface area contributed by atoms with Crippen molar-refractivity contribution in [1.29, 1.82) is 0 Å². The van der Waals surface area contributed by atoms with Crippen molar-refractivity contribution in [1.82, 2.24) is 0 Å². The topological polar surface area (TPSA) is 101 Å². The molecule has 21 heavy (non-hydrogen) atoms. The second-order valence-corrected chi connectivity index (χ2v) is 4.72. The van der Waals surface area contributed by atoms with Gasteiger partial charge >= 0.3 is 11.9 Å². The Labute approximate surface area is 126 Å². The number of Topliss-reactive ketones (excluding diaryl/α,β-unsaturated/α-hetero) is 1. The Kier molecular flexibility index (Phi) is 5.87. The molecule has 1 aromatic rings. The lowest BCUT2D eigenvalue weighted by Gasteiger charge is -2.15. The molecule has 0 aliphatic heterocycles. The molecule has 0 amide bonds. The van der Waals surface area contributed by atoms with Crippen molar-refractivity contribution in [2.45, 2.75) is 25.3 Å². The van der Waals surface area contributed by atoms with Gasteiger partial charge in [-0.2, -0.15) is 0 Å². The summed E-state index contributed by atoms with van der Waals surface area (Å²) in [5.74, 6) is -2.61. The lowest BCUT2D eigenvalue weighted by Crippen LogP contribution is -2.17. The molecule has 0 heterocycles. The van der Waals surface area contributed by atoms with E-state index in [1.807, 2.05) is 0 Å². The molecule has 2 atom stereocenters. The molecule has 0 radical (unpaired) electrons. The molecule has 6 nitrogen and oxygen atoms in total. The van der Waals surface area contributed by atoms with Crippen molar-refractivity contribution in [3.05, 3.63) is 34.9 Å². The number of rotatable bonds is 6. The molecule has 0 bridgehead atoms. The fourth-order valence-electron chi connectivity index (χ4n) is 1.73. The summed E-state index contributed by atoms with van der Waals surface area (Å²) < 4.78 is 4.80. The molecule has 114 valence electrons. The van der Waals surface area contributed by atoms with Crippen molar-refractivity contribution in [3.8, 4) is 0 Å². The molecule has 0 aliphatic rings. The van der Waals surface area contributed by atoms with Gasteiger partial charge in [0.1, 0.15) is 5.38 Å². The first kappa shape index (κ1) is 17.1. The van der Waals surface area contributed by atoms with Crippen molar-refractivity contribution in [2.75, 3.05) is 6.61 Å². The number of ketones is 1. The van der Waals surface area contributed by atoms with Crippen LogP contribution < -0.4 is 0 Å². The number of aliphatic hydroxyl groups is 1. The van der Waals surface area contributed by atoms with Crippen LogP contribution in [-0.2, 0) is 14.3 Å². The summed E-state index contributed by atoms with van der Waals surface area (Å²) >= 11 is 5.90. The molecule has 2 N–H and O–H groups in total. The minimum atomic E-state index is -1.92. The van der Waals surface area contributed by atoms with Crippen LogP contribution in [0.4, 0.5) is 0 Å².